The molecular weight excluding hydrogens is 251 g/mol. The summed E-state index contributed by atoms with van der Waals surface area (Å²) in [7, 11) is 2.17. The molecule has 0 aliphatic heterocycles. The van der Waals surface area contributed by atoms with Crippen molar-refractivity contribution < 1.29 is 4.39 Å². The summed E-state index contributed by atoms with van der Waals surface area (Å²) in [5.74, 6) is -0.151. The Morgan fingerprint density at radius 1 is 1.20 bits per heavy atom. The van der Waals surface area contributed by atoms with Gasteiger partial charge in [0.05, 0.1) is 0 Å². The monoisotopic (exact) mass is 280 g/mol. The standard InChI is InChI=1S/C17H29FN2/c1-4-6-7-12-20(3)13-11-17(19-5-2)15-9-8-10-16(18)14-15/h8-10,14,17,19H,4-7,11-13H2,1-3H3. The maximum absolute atomic E-state index is 13.3. The van der Waals surface area contributed by atoms with E-state index in [2.05, 4.69) is 31.1 Å². The molecule has 0 aliphatic carbocycles. The Morgan fingerprint density at radius 2 is 2.00 bits per heavy atom. The number of hydrogen-bond donors (Lipinski definition) is 1. The molecule has 0 bridgehead atoms. The minimum Gasteiger partial charge on any atom is -0.310 e. The smallest absolute Gasteiger partial charge is 0.123 e. The van der Waals surface area contributed by atoms with Gasteiger partial charge < -0.3 is 10.2 Å². The van der Waals surface area contributed by atoms with Crippen molar-refractivity contribution in [3.8, 4) is 0 Å². The molecule has 3 heteroatoms. The van der Waals surface area contributed by atoms with Crippen molar-refractivity contribution >= 4 is 0 Å². The molecule has 2 nitrogen and oxygen atoms in total. The van der Waals surface area contributed by atoms with Crippen LogP contribution in [0.15, 0.2) is 24.3 Å². The molecule has 0 radical (unpaired) electrons. The van der Waals surface area contributed by atoms with Gasteiger partial charge in [-0.15, -0.1) is 0 Å². The Kier molecular flexibility index (Phi) is 8.47. The molecule has 1 rings (SSSR count). The number of rotatable bonds is 10. The van der Waals surface area contributed by atoms with Crippen molar-refractivity contribution in [1.82, 2.24) is 10.2 Å². The van der Waals surface area contributed by atoms with Gasteiger partial charge in [-0.2, -0.15) is 0 Å². The molecule has 1 N–H and O–H groups in total. The summed E-state index contributed by atoms with van der Waals surface area (Å²) in [4.78, 5) is 2.37. The average Bonchev–Trinajstić information content (AvgIpc) is 2.43. The van der Waals surface area contributed by atoms with Gasteiger partial charge in [0.15, 0.2) is 0 Å². The number of benzene rings is 1. The number of nitrogens with zero attached hydrogens (tertiary/aromatic N) is 1. The summed E-state index contributed by atoms with van der Waals surface area (Å²) in [6.45, 7) is 7.41. The maximum Gasteiger partial charge on any atom is 0.123 e. The normalized spacial score (nSPS) is 12.8. The second kappa shape index (κ2) is 9.89. The third-order valence-corrected chi connectivity index (χ3v) is 3.64. The van der Waals surface area contributed by atoms with Crippen LogP contribution in [-0.4, -0.2) is 31.6 Å². The van der Waals surface area contributed by atoms with Gasteiger partial charge >= 0.3 is 0 Å². The zero-order valence-electron chi connectivity index (χ0n) is 13.2. The van der Waals surface area contributed by atoms with Crippen LogP contribution in [0, 0.1) is 5.82 Å². The van der Waals surface area contributed by atoms with E-state index in [1.165, 1.54) is 25.3 Å². The SMILES string of the molecule is CCCCCN(C)CCC(NCC)c1cccc(F)c1. The molecule has 114 valence electrons. The lowest BCUT2D eigenvalue weighted by molar-refractivity contribution is 0.301. The van der Waals surface area contributed by atoms with Crippen molar-refractivity contribution in [2.24, 2.45) is 0 Å². The highest BCUT2D eigenvalue weighted by molar-refractivity contribution is 5.20. The predicted octanol–water partition coefficient (Wildman–Crippen LogP) is 3.99. The summed E-state index contributed by atoms with van der Waals surface area (Å²) in [6.07, 6.45) is 4.83. The van der Waals surface area contributed by atoms with Gasteiger partial charge in [0.25, 0.3) is 0 Å². The minimum absolute atomic E-state index is 0.151. The van der Waals surface area contributed by atoms with Crippen LogP contribution in [0.1, 0.15) is 51.1 Å². The van der Waals surface area contributed by atoms with Crippen LogP contribution in [0.25, 0.3) is 0 Å². The van der Waals surface area contributed by atoms with Crippen LogP contribution in [-0.2, 0) is 0 Å². The van der Waals surface area contributed by atoms with Gasteiger partial charge in [0, 0.05) is 6.04 Å². The summed E-state index contributed by atoms with van der Waals surface area (Å²) in [6, 6.07) is 7.19. The summed E-state index contributed by atoms with van der Waals surface area (Å²) in [5.41, 5.74) is 1.05. The van der Waals surface area contributed by atoms with Crippen LogP contribution >= 0.6 is 0 Å². The molecule has 0 saturated carbocycles. The van der Waals surface area contributed by atoms with Gasteiger partial charge in [0.2, 0.25) is 0 Å². The molecule has 1 aromatic carbocycles. The zero-order valence-corrected chi connectivity index (χ0v) is 13.2. The van der Waals surface area contributed by atoms with Crippen molar-refractivity contribution in [3.63, 3.8) is 0 Å². The fraction of sp³-hybridized carbons (Fsp3) is 0.647. The Morgan fingerprint density at radius 3 is 2.65 bits per heavy atom. The van der Waals surface area contributed by atoms with Crippen LogP contribution < -0.4 is 5.32 Å². The number of unbranched alkanes of at least 4 members (excludes halogenated alkanes) is 2. The molecule has 1 unspecified atom stereocenters. The first-order valence-corrected chi connectivity index (χ1v) is 7.84. The van der Waals surface area contributed by atoms with E-state index < -0.39 is 0 Å². The molecule has 0 heterocycles. The quantitative estimate of drug-likeness (QED) is 0.652. The average molecular weight is 280 g/mol. The van der Waals surface area contributed by atoms with Crippen molar-refractivity contribution in [2.45, 2.75) is 45.6 Å². The highest BCUT2D eigenvalue weighted by atomic mass is 19.1. The molecule has 0 spiro atoms. The molecule has 1 aromatic rings. The Hall–Kier alpha value is -0.930. The van der Waals surface area contributed by atoms with Gasteiger partial charge in [-0.25, -0.2) is 4.39 Å². The summed E-state index contributed by atoms with van der Waals surface area (Å²) in [5, 5.41) is 3.46. The van der Waals surface area contributed by atoms with Crippen molar-refractivity contribution in [1.29, 1.82) is 0 Å². The molecule has 0 amide bonds. The molecule has 1 atom stereocenters. The van der Waals surface area contributed by atoms with E-state index in [9.17, 15) is 4.39 Å². The van der Waals surface area contributed by atoms with Gasteiger partial charge in [-0.3, -0.25) is 0 Å². The van der Waals surface area contributed by atoms with Crippen molar-refractivity contribution in [3.05, 3.63) is 35.6 Å². The molecule has 20 heavy (non-hydrogen) atoms. The third-order valence-electron chi connectivity index (χ3n) is 3.64. The molecular formula is C17H29FN2. The first kappa shape index (κ1) is 17.1. The fourth-order valence-electron chi connectivity index (χ4n) is 2.45. The fourth-order valence-corrected chi connectivity index (χ4v) is 2.45. The van der Waals surface area contributed by atoms with Crippen LogP contribution in [0.3, 0.4) is 0 Å². The van der Waals surface area contributed by atoms with E-state index in [0.717, 1.165) is 31.6 Å². The van der Waals surface area contributed by atoms with Gasteiger partial charge in [0.1, 0.15) is 5.82 Å². The lowest BCUT2D eigenvalue weighted by Gasteiger charge is -2.22. The van der Waals surface area contributed by atoms with Gasteiger partial charge in [-0.1, -0.05) is 38.8 Å². The van der Waals surface area contributed by atoms with E-state index >= 15 is 0 Å². The molecule has 0 fully saturated rings. The number of nitrogens with one attached hydrogen (secondary N) is 1. The Balaban J connectivity index is 2.46. The molecule has 0 saturated heterocycles. The van der Waals surface area contributed by atoms with E-state index in [-0.39, 0.29) is 11.9 Å². The largest absolute Gasteiger partial charge is 0.310 e. The lowest BCUT2D eigenvalue weighted by Crippen LogP contribution is -2.28. The van der Waals surface area contributed by atoms with E-state index in [4.69, 9.17) is 0 Å². The molecule has 0 aliphatic rings. The first-order valence-electron chi connectivity index (χ1n) is 7.84. The summed E-state index contributed by atoms with van der Waals surface area (Å²) < 4.78 is 13.3. The topological polar surface area (TPSA) is 15.3 Å². The zero-order chi connectivity index (χ0) is 14.8. The Labute approximate surface area is 123 Å². The van der Waals surface area contributed by atoms with Gasteiger partial charge in [-0.05, 0) is 57.2 Å². The van der Waals surface area contributed by atoms with E-state index in [1.54, 1.807) is 12.1 Å². The van der Waals surface area contributed by atoms with E-state index in [0.29, 0.717) is 0 Å². The number of hydrogen-bond acceptors (Lipinski definition) is 2. The van der Waals surface area contributed by atoms with Crippen LogP contribution in [0.5, 0.6) is 0 Å². The highest BCUT2D eigenvalue weighted by Gasteiger charge is 2.11. The molecule has 0 aromatic heterocycles. The predicted molar refractivity (Wildman–Crippen MR) is 84.5 cm³/mol. The highest BCUT2D eigenvalue weighted by Crippen LogP contribution is 2.18. The first-order chi connectivity index (χ1) is 9.67. The Bertz CT molecular complexity index is 368. The summed E-state index contributed by atoms with van der Waals surface area (Å²) >= 11 is 0. The van der Waals surface area contributed by atoms with Crippen LogP contribution in [0.4, 0.5) is 4.39 Å². The van der Waals surface area contributed by atoms with Crippen LogP contribution in [0.2, 0.25) is 0 Å². The second-order valence-corrected chi connectivity index (χ2v) is 5.46. The lowest BCUT2D eigenvalue weighted by atomic mass is 10.0. The maximum atomic E-state index is 13.3. The third kappa shape index (κ3) is 6.49. The second-order valence-electron chi connectivity index (χ2n) is 5.46. The van der Waals surface area contributed by atoms with E-state index in [1.807, 2.05) is 6.07 Å². The number of halogens is 1. The minimum atomic E-state index is -0.151. The van der Waals surface area contributed by atoms with Crippen molar-refractivity contribution in [2.75, 3.05) is 26.7 Å².